The van der Waals surface area contributed by atoms with E-state index in [4.69, 9.17) is 44.1 Å². The molecule has 0 atom stereocenters. The van der Waals surface area contributed by atoms with Crippen molar-refractivity contribution in [3.8, 4) is 28.3 Å². The van der Waals surface area contributed by atoms with E-state index in [0.717, 1.165) is 0 Å². The zero-order valence-electron chi connectivity index (χ0n) is 13.5. The standard InChI is InChI=1S/C18H13Cl3N2O3/c1-25-14-7-3-6-12(19)16(14)13-9-15(26-23-13)10-4-2-5-11(8-10)22-18(24)17(20)21/h2-9,17H,1H3,(H,22,24). The maximum Gasteiger partial charge on any atom is 0.257 e. The molecule has 3 aromatic rings. The Bertz CT molecular complexity index is 941. The van der Waals surface area contributed by atoms with Gasteiger partial charge in [0.25, 0.3) is 5.91 Å². The summed E-state index contributed by atoms with van der Waals surface area (Å²) < 4.78 is 10.8. The van der Waals surface area contributed by atoms with Crippen LogP contribution in [0.15, 0.2) is 53.1 Å². The molecule has 0 bridgehead atoms. The van der Waals surface area contributed by atoms with Crippen LogP contribution >= 0.6 is 34.8 Å². The Labute approximate surface area is 164 Å². The van der Waals surface area contributed by atoms with Crippen molar-refractivity contribution in [1.82, 2.24) is 5.16 Å². The largest absolute Gasteiger partial charge is 0.496 e. The number of alkyl halides is 2. The monoisotopic (exact) mass is 410 g/mol. The van der Waals surface area contributed by atoms with Gasteiger partial charge in [-0.1, -0.05) is 58.2 Å². The van der Waals surface area contributed by atoms with Crippen molar-refractivity contribution >= 4 is 46.4 Å². The van der Waals surface area contributed by atoms with Crippen molar-refractivity contribution in [2.45, 2.75) is 4.84 Å². The lowest BCUT2D eigenvalue weighted by Gasteiger charge is -2.07. The molecule has 0 radical (unpaired) electrons. The highest BCUT2D eigenvalue weighted by atomic mass is 35.5. The van der Waals surface area contributed by atoms with Crippen LogP contribution in [-0.4, -0.2) is 23.0 Å². The number of nitrogens with one attached hydrogen (secondary N) is 1. The van der Waals surface area contributed by atoms with E-state index in [-0.39, 0.29) is 0 Å². The molecule has 5 nitrogen and oxygen atoms in total. The summed E-state index contributed by atoms with van der Waals surface area (Å²) in [6, 6.07) is 14.1. The molecule has 3 rings (SSSR count). The summed E-state index contributed by atoms with van der Waals surface area (Å²) in [6.07, 6.45) is 0. The number of ether oxygens (including phenoxy) is 1. The van der Waals surface area contributed by atoms with E-state index in [9.17, 15) is 4.79 Å². The lowest BCUT2D eigenvalue weighted by Crippen LogP contribution is -2.18. The first-order chi connectivity index (χ1) is 12.5. The second-order valence-electron chi connectivity index (χ2n) is 5.26. The van der Waals surface area contributed by atoms with E-state index in [1.165, 1.54) is 0 Å². The number of hydrogen-bond acceptors (Lipinski definition) is 4. The minimum absolute atomic E-state index is 0.500. The number of amides is 1. The SMILES string of the molecule is COc1cccc(Cl)c1-c1cc(-c2cccc(NC(=O)C(Cl)Cl)c2)on1. The smallest absolute Gasteiger partial charge is 0.257 e. The van der Waals surface area contributed by atoms with Gasteiger partial charge >= 0.3 is 0 Å². The third kappa shape index (κ3) is 3.96. The fourth-order valence-corrected chi connectivity index (χ4v) is 2.77. The first-order valence-electron chi connectivity index (χ1n) is 7.48. The maximum atomic E-state index is 11.6. The van der Waals surface area contributed by atoms with Gasteiger partial charge in [-0.05, 0) is 24.3 Å². The Kier molecular flexibility index (Phi) is 5.71. The lowest BCUT2D eigenvalue weighted by molar-refractivity contribution is -0.114. The van der Waals surface area contributed by atoms with E-state index in [2.05, 4.69) is 10.5 Å². The van der Waals surface area contributed by atoms with Gasteiger partial charge < -0.3 is 14.6 Å². The lowest BCUT2D eigenvalue weighted by atomic mass is 10.1. The van der Waals surface area contributed by atoms with Gasteiger partial charge in [-0.2, -0.15) is 0 Å². The van der Waals surface area contributed by atoms with Crippen LogP contribution in [0.25, 0.3) is 22.6 Å². The average Bonchev–Trinajstić information content (AvgIpc) is 3.11. The summed E-state index contributed by atoms with van der Waals surface area (Å²) in [7, 11) is 1.56. The molecule has 0 unspecified atom stereocenters. The molecule has 0 spiro atoms. The number of anilines is 1. The normalized spacial score (nSPS) is 10.8. The number of aromatic nitrogens is 1. The number of rotatable bonds is 5. The Morgan fingerprint density at radius 1 is 1.19 bits per heavy atom. The summed E-state index contributed by atoms with van der Waals surface area (Å²) in [6.45, 7) is 0. The molecule has 8 heteroatoms. The van der Waals surface area contributed by atoms with Gasteiger partial charge in [0.1, 0.15) is 11.4 Å². The number of methoxy groups -OCH3 is 1. The second kappa shape index (κ2) is 7.99. The van der Waals surface area contributed by atoms with Crippen molar-refractivity contribution in [3.63, 3.8) is 0 Å². The molecule has 1 amide bonds. The molecule has 1 aromatic heterocycles. The summed E-state index contributed by atoms with van der Waals surface area (Å²) in [5.41, 5.74) is 2.43. The number of nitrogens with zero attached hydrogens (tertiary/aromatic N) is 1. The van der Waals surface area contributed by atoms with Crippen LogP contribution in [0, 0.1) is 0 Å². The molecular weight excluding hydrogens is 399 g/mol. The Morgan fingerprint density at radius 2 is 1.96 bits per heavy atom. The van der Waals surface area contributed by atoms with E-state index in [0.29, 0.717) is 39.0 Å². The zero-order valence-corrected chi connectivity index (χ0v) is 15.8. The van der Waals surface area contributed by atoms with Crippen molar-refractivity contribution in [2.75, 3.05) is 12.4 Å². The van der Waals surface area contributed by atoms with E-state index in [1.54, 1.807) is 49.6 Å². The van der Waals surface area contributed by atoms with Gasteiger partial charge in [-0.15, -0.1) is 0 Å². The molecule has 0 aliphatic rings. The van der Waals surface area contributed by atoms with Crippen LogP contribution in [-0.2, 0) is 4.79 Å². The van der Waals surface area contributed by atoms with E-state index in [1.807, 2.05) is 6.07 Å². The van der Waals surface area contributed by atoms with E-state index >= 15 is 0 Å². The number of halogens is 3. The number of carbonyl (C=O) groups is 1. The molecule has 0 saturated carbocycles. The Hall–Kier alpha value is -2.21. The molecular formula is C18H13Cl3N2O3. The summed E-state index contributed by atoms with van der Waals surface area (Å²) in [5.74, 6) is 0.588. The third-order valence-corrected chi connectivity index (χ3v) is 4.29. The average molecular weight is 412 g/mol. The molecule has 134 valence electrons. The van der Waals surface area contributed by atoms with Crippen molar-refractivity contribution < 1.29 is 14.1 Å². The fraction of sp³-hybridized carbons (Fsp3) is 0.111. The minimum Gasteiger partial charge on any atom is -0.496 e. The van der Waals surface area contributed by atoms with Gasteiger partial charge in [-0.25, -0.2) is 0 Å². The molecule has 1 N–H and O–H groups in total. The van der Waals surface area contributed by atoms with E-state index < -0.39 is 10.7 Å². The van der Waals surface area contributed by atoms with Crippen LogP contribution in [0.2, 0.25) is 5.02 Å². The highest BCUT2D eigenvalue weighted by molar-refractivity contribution is 6.54. The summed E-state index contributed by atoms with van der Waals surface area (Å²) in [4.78, 5) is 10.5. The maximum absolute atomic E-state index is 11.6. The van der Waals surface area contributed by atoms with Crippen molar-refractivity contribution in [2.24, 2.45) is 0 Å². The highest BCUT2D eigenvalue weighted by Gasteiger charge is 2.17. The third-order valence-electron chi connectivity index (χ3n) is 3.57. The van der Waals surface area contributed by atoms with Gasteiger partial charge in [0.05, 0.1) is 17.7 Å². The van der Waals surface area contributed by atoms with Gasteiger partial charge in [0.15, 0.2) is 10.6 Å². The fourth-order valence-electron chi connectivity index (χ4n) is 2.40. The van der Waals surface area contributed by atoms with Crippen LogP contribution in [0.3, 0.4) is 0 Å². The number of benzene rings is 2. The number of carbonyl (C=O) groups excluding carboxylic acids is 1. The predicted octanol–water partition coefficient (Wildman–Crippen LogP) is 5.41. The first kappa shape index (κ1) is 18.6. The molecule has 2 aromatic carbocycles. The van der Waals surface area contributed by atoms with Gasteiger partial charge in [0.2, 0.25) is 0 Å². The minimum atomic E-state index is -1.15. The molecule has 0 aliphatic heterocycles. The van der Waals surface area contributed by atoms with Gasteiger partial charge in [-0.3, -0.25) is 4.79 Å². The Morgan fingerprint density at radius 3 is 2.69 bits per heavy atom. The van der Waals surface area contributed by atoms with Crippen LogP contribution in [0.4, 0.5) is 5.69 Å². The van der Waals surface area contributed by atoms with Crippen molar-refractivity contribution in [1.29, 1.82) is 0 Å². The molecule has 0 fully saturated rings. The molecule has 1 heterocycles. The van der Waals surface area contributed by atoms with Crippen LogP contribution < -0.4 is 10.1 Å². The van der Waals surface area contributed by atoms with Crippen LogP contribution in [0.1, 0.15) is 0 Å². The quantitative estimate of drug-likeness (QED) is 0.570. The Balaban J connectivity index is 1.93. The van der Waals surface area contributed by atoms with Gasteiger partial charge in [0, 0.05) is 17.3 Å². The second-order valence-corrected chi connectivity index (χ2v) is 6.77. The topological polar surface area (TPSA) is 64.4 Å². The highest BCUT2D eigenvalue weighted by Crippen LogP contribution is 2.37. The summed E-state index contributed by atoms with van der Waals surface area (Å²) >= 11 is 17.4. The molecule has 0 saturated heterocycles. The van der Waals surface area contributed by atoms with Crippen LogP contribution in [0.5, 0.6) is 5.75 Å². The first-order valence-corrected chi connectivity index (χ1v) is 8.73. The molecule has 26 heavy (non-hydrogen) atoms. The number of hydrogen-bond donors (Lipinski definition) is 1. The predicted molar refractivity (Wildman–Crippen MR) is 103 cm³/mol. The zero-order chi connectivity index (χ0) is 18.7. The summed E-state index contributed by atoms with van der Waals surface area (Å²) in [5, 5.41) is 7.19. The van der Waals surface area contributed by atoms with Crippen molar-refractivity contribution in [3.05, 3.63) is 53.6 Å². The molecule has 0 aliphatic carbocycles.